The highest BCUT2D eigenvalue weighted by atomic mass is 16.5. The van der Waals surface area contributed by atoms with E-state index in [1.54, 1.807) is 0 Å². The normalized spacial score (nSPS) is 16.4. The molecule has 1 aromatic heterocycles. The molecular formula is C15H24N2O4. The Labute approximate surface area is 125 Å². The largest absolute Gasteiger partial charge is 0.394 e. The van der Waals surface area contributed by atoms with E-state index in [1.807, 2.05) is 18.7 Å². The highest BCUT2D eigenvalue weighted by Gasteiger charge is 2.23. The lowest BCUT2D eigenvalue weighted by molar-refractivity contribution is -0.133. The Kier molecular flexibility index (Phi) is 5.76. The van der Waals surface area contributed by atoms with Gasteiger partial charge in [0.2, 0.25) is 5.91 Å². The Hall–Kier alpha value is -1.40. The van der Waals surface area contributed by atoms with Crippen LogP contribution >= 0.6 is 0 Å². The first-order chi connectivity index (χ1) is 10.1. The molecule has 1 saturated heterocycles. The molecule has 2 heterocycles. The lowest BCUT2D eigenvalue weighted by Crippen LogP contribution is -2.41. The van der Waals surface area contributed by atoms with Crippen LogP contribution in [-0.2, 0) is 16.0 Å². The summed E-state index contributed by atoms with van der Waals surface area (Å²) in [5, 5.41) is 12.6. The summed E-state index contributed by atoms with van der Waals surface area (Å²) in [4.78, 5) is 14.1. The van der Waals surface area contributed by atoms with Crippen LogP contribution in [0.1, 0.15) is 36.3 Å². The van der Waals surface area contributed by atoms with E-state index in [0.29, 0.717) is 19.4 Å². The average Bonchev–Trinajstić information content (AvgIpc) is 2.82. The van der Waals surface area contributed by atoms with Crippen LogP contribution in [0.5, 0.6) is 0 Å². The van der Waals surface area contributed by atoms with Gasteiger partial charge < -0.3 is 19.3 Å². The zero-order valence-corrected chi connectivity index (χ0v) is 12.8. The van der Waals surface area contributed by atoms with Crippen LogP contribution < -0.4 is 0 Å². The van der Waals surface area contributed by atoms with Crippen LogP contribution in [0.25, 0.3) is 0 Å². The summed E-state index contributed by atoms with van der Waals surface area (Å²) in [6, 6.07) is 0. The molecule has 0 aromatic carbocycles. The van der Waals surface area contributed by atoms with Crippen molar-refractivity contribution in [2.45, 2.75) is 45.6 Å². The average molecular weight is 296 g/mol. The fraction of sp³-hybridized carbons (Fsp3) is 0.733. The predicted molar refractivity (Wildman–Crippen MR) is 76.9 cm³/mol. The van der Waals surface area contributed by atoms with E-state index >= 15 is 0 Å². The highest BCUT2D eigenvalue weighted by molar-refractivity contribution is 5.76. The van der Waals surface area contributed by atoms with Gasteiger partial charge in [-0.3, -0.25) is 4.79 Å². The monoisotopic (exact) mass is 296 g/mol. The summed E-state index contributed by atoms with van der Waals surface area (Å²) in [6.07, 6.45) is 3.03. The Balaban J connectivity index is 1.75. The fourth-order valence-electron chi connectivity index (χ4n) is 2.74. The number of amides is 1. The molecule has 0 spiro atoms. The molecule has 1 N–H and O–H groups in total. The van der Waals surface area contributed by atoms with E-state index in [4.69, 9.17) is 14.4 Å². The van der Waals surface area contributed by atoms with E-state index in [-0.39, 0.29) is 18.6 Å². The molecule has 0 saturated carbocycles. The van der Waals surface area contributed by atoms with Gasteiger partial charge in [0.05, 0.1) is 25.0 Å². The summed E-state index contributed by atoms with van der Waals surface area (Å²) in [5.41, 5.74) is 1.92. The molecule has 21 heavy (non-hydrogen) atoms. The number of carbonyl (C=O) groups excluding carboxylic acids is 1. The van der Waals surface area contributed by atoms with Crippen molar-refractivity contribution in [2.24, 2.45) is 0 Å². The van der Waals surface area contributed by atoms with E-state index in [0.717, 1.165) is 42.9 Å². The van der Waals surface area contributed by atoms with Gasteiger partial charge >= 0.3 is 0 Å². The maximum absolute atomic E-state index is 12.2. The SMILES string of the molecule is Cc1noc(C)c1CCC(=O)N1CCC(OCCO)CC1. The van der Waals surface area contributed by atoms with Crippen LogP contribution in [0, 0.1) is 13.8 Å². The molecule has 0 unspecified atom stereocenters. The van der Waals surface area contributed by atoms with Gasteiger partial charge in [-0.25, -0.2) is 0 Å². The van der Waals surface area contributed by atoms with Crippen LogP contribution in [-0.4, -0.2) is 53.5 Å². The molecule has 0 aliphatic carbocycles. The number of likely N-dealkylation sites (tertiary alicyclic amines) is 1. The van der Waals surface area contributed by atoms with Crippen molar-refractivity contribution in [3.8, 4) is 0 Å². The lowest BCUT2D eigenvalue weighted by Gasteiger charge is -2.32. The van der Waals surface area contributed by atoms with Crippen molar-refractivity contribution in [3.63, 3.8) is 0 Å². The lowest BCUT2D eigenvalue weighted by atomic mass is 10.0. The predicted octanol–water partition coefficient (Wildman–Crippen LogP) is 1.22. The number of hydrogen-bond donors (Lipinski definition) is 1. The van der Waals surface area contributed by atoms with Crippen LogP contribution in [0.3, 0.4) is 0 Å². The number of aromatic nitrogens is 1. The third-order valence-corrected chi connectivity index (χ3v) is 4.01. The molecule has 1 amide bonds. The van der Waals surface area contributed by atoms with Crippen molar-refractivity contribution in [1.82, 2.24) is 10.1 Å². The maximum Gasteiger partial charge on any atom is 0.222 e. The minimum Gasteiger partial charge on any atom is -0.394 e. The molecule has 1 aromatic rings. The Morgan fingerprint density at radius 3 is 2.71 bits per heavy atom. The Morgan fingerprint density at radius 2 is 2.14 bits per heavy atom. The quantitative estimate of drug-likeness (QED) is 0.854. The van der Waals surface area contributed by atoms with Crippen LogP contribution in [0.4, 0.5) is 0 Å². The Morgan fingerprint density at radius 1 is 1.43 bits per heavy atom. The maximum atomic E-state index is 12.2. The second kappa shape index (κ2) is 7.56. The van der Waals surface area contributed by atoms with Gasteiger partial charge in [0.25, 0.3) is 0 Å². The third kappa shape index (κ3) is 4.28. The summed E-state index contributed by atoms with van der Waals surface area (Å²) in [5.74, 6) is 0.979. The number of piperidine rings is 1. The summed E-state index contributed by atoms with van der Waals surface area (Å²) in [7, 11) is 0. The number of aryl methyl sites for hydroxylation is 2. The van der Waals surface area contributed by atoms with E-state index in [1.165, 1.54) is 0 Å². The second-order valence-electron chi connectivity index (χ2n) is 5.48. The molecular weight excluding hydrogens is 272 g/mol. The van der Waals surface area contributed by atoms with Crippen molar-refractivity contribution >= 4 is 5.91 Å². The smallest absolute Gasteiger partial charge is 0.222 e. The molecule has 0 bridgehead atoms. The van der Waals surface area contributed by atoms with Crippen molar-refractivity contribution in [1.29, 1.82) is 0 Å². The molecule has 2 rings (SSSR count). The van der Waals surface area contributed by atoms with Crippen molar-refractivity contribution in [3.05, 3.63) is 17.0 Å². The van der Waals surface area contributed by atoms with Gasteiger partial charge in [-0.15, -0.1) is 0 Å². The van der Waals surface area contributed by atoms with E-state index in [2.05, 4.69) is 5.16 Å². The van der Waals surface area contributed by atoms with Gasteiger partial charge in [-0.1, -0.05) is 5.16 Å². The third-order valence-electron chi connectivity index (χ3n) is 4.01. The highest BCUT2D eigenvalue weighted by Crippen LogP contribution is 2.17. The van der Waals surface area contributed by atoms with Crippen LogP contribution in [0.15, 0.2) is 4.52 Å². The first kappa shape index (κ1) is 16.0. The zero-order valence-electron chi connectivity index (χ0n) is 12.8. The van der Waals surface area contributed by atoms with Crippen molar-refractivity contribution < 1.29 is 19.2 Å². The number of ether oxygens (including phenoxy) is 1. The van der Waals surface area contributed by atoms with Gasteiger partial charge in [0.1, 0.15) is 5.76 Å². The second-order valence-corrected chi connectivity index (χ2v) is 5.48. The minimum atomic E-state index is 0.0522. The minimum absolute atomic E-state index is 0.0522. The number of nitrogens with zero attached hydrogens (tertiary/aromatic N) is 2. The Bertz CT molecular complexity index is 445. The fourth-order valence-corrected chi connectivity index (χ4v) is 2.74. The topological polar surface area (TPSA) is 75.8 Å². The van der Waals surface area contributed by atoms with Gasteiger partial charge in [-0.05, 0) is 33.1 Å². The molecule has 6 heteroatoms. The zero-order chi connectivity index (χ0) is 15.2. The molecule has 1 aliphatic heterocycles. The van der Waals surface area contributed by atoms with Crippen LogP contribution in [0.2, 0.25) is 0 Å². The van der Waals surface area contributed by atoms with Gasteiger partial charge in [-0.2, -0.15) is 0 Å². The summed E-state index contributed by atoms with van der Waals surface area (Å²) >= 11 is 0. The molecule has 118 valence electrons. The number of rotatable bonds is 6. The van der Waals surface area contributed by atoms with Crippen molar-refractivity contribution in [2.75, 3.05) is 26.3 Å². The molecule has 0 radical (unpaired) electrons. The number of aliphatic hydroxyl groups excluding tert-OH is 1. The number of carbonyl (C=O) groups is 1. The first-order valence-electron chi connectivity index (χ1n) is 7.53. The van der Waals surface area contributed by atoms with Gasteiger partial charge in [0, 0.05) is 25.1 Å². The molecule has 6 nitrogen and oxygen atoms in total. The number of aliphatic hydroxyl groups is 1. The van der Waals surface area contributed by atoms with E-state index in [9.17, 15) is 4.79 Å². The summed E-state index contributed by atoms with van der Waals surface area (Å²) in [6.45, 7) is 5.68. The molecule has 1 aliphatic rings. The standard InChI is InChI=1S/C15H24N2O4/c1-11-14(12(2)21-16-11)3-4-15(19)17-7-5-13(6-8-17)20-10-9-18/h13,18H,3-10H2,1-2H3. The van der Waals surface area contributed by atoms with Gasteiger partial charge in [0.15, 0.2) is 0 Å². The first-order valence-corrected chi connectivity index (χ1v) is 7.53. The summed E-state index contributed by atoms with van der Waals surface area (Å²) < 4.78 is 10.6. The molecule has 1 fully saturated rings. The molecule has 0 atom stereocenters. The van der Waals surface area contributed by atoms with E-state index < -0.39 is 0 Å². The number of hydrogen-bond acceptors (Lipinski definition) is 5.